The maximum Gasteiger partial charge on any atom is 0.331 e. The smallest absolute Gasteiger partial charge is 0.331 e. The molecule has 0 spiro atoms. The molecule has 0 saturated heterocycles. The van der Waals surface area contributed by atoms with Crippen LogP contribution in [0.25, 0.3) is 0 Å². The second kappa shape index (κ2) is 13.4. The van der Waals surface area contributed by atoms with Crippen LogP contribution >= 0.6 is 8.38 Å². The third-order valence-corrected chi connectivity index (χ3v) is 9.83. The predicted molar refractivity (Wildman–Crippen MR) is 205 cm³/mol. The van der Waals surface area contributed by atoms with Crippen molar-refractivity contribution in [1.82, 2.24) is 0 Å². The summed E-state index contributed by atoms with van der Waals surface area (Å²) in [5.74, 6) is 2.58. The second-order valence-corrected chi connectivity index (χ2v) is 20.7. The van der Waals surface area contributed by atoms with Gasteiger partial charge in [0.05, 0.1) is 0 Å². The predicted octanol–water partition coefficient (Wildman–Crippen LogP) is 13.3. The zero-order valence-electron chi connectivity index (χ0n) is 33.1. The van der Waals surface area contributed by atoms with Gasteiger partial charge in [-0.15, -0.1) is 0 Å². The Kier molecular flexibility index (Phi) is 11.1. The average Bonchev–Trinajstić information content (AvgIpc) is 2.88. The van der Waals surface area contributed by atoms with Gasteiger partial charge in [0.1, 0.15) is 17.2 Å². The van der Waals surface area contributed by atoms with Gasteiger partial charge in [-0.05, 0) is 72.9 Å². The molecule has 0 fully saturated rings. The van der Waals surface area contributed by atoms with Crippen molar-refractivity contribution in [1.29, 1.82) is 0 Å². The van der Waals surface area contributed by atoms with Crippen LogP contribution in [0.15, 0.2) is 54.6 Å². The van der Waals surface area contributed by atoms with E-state index < -0.39 is 8.38 Å². The molecule has 0 heterocycles. The third kappa shape index (κ3) is 10.2. The first-order valence-corrected chi connectivity index (χ1v) is 18.7. The summed E-state index contributed by atoms with van der Waals surface area (Å²) in [6, 6.07) is 19.9. The number of ether oxygens (including phenoxy) is 1. The molecule has 0 atom stereocenters. The molecule has 3 aromatic carbocycles. The SMILES string of the molecule is CC(C)(C)c1ccc(OCP(Oc2ccc(C(C)(C)C)cc2C(C)(C)C)Oc2ccc(C(C)(C)C)cc2C(C)(C)C)c(C(C)(C)C)c1. The van der Waals surface area contributed by atoms with Crippen molar-refractivity contribution in [2.24, 2.45) is 0 Å². The number of benzene rings is 3. The lowest BCUT2D eigenvalue weighted by atomic mass is 9.80. The number of rotatable bonds is 7. The summed E-state index contributed by atoms with van der Waals surface area (Å²) < 4.78 is 20.6. The molecule has 0 aliphatic carbocycles. The van der Waals surface area contributed by atoms with E-state index in [1.165, 1.54) is 33.4 Å². The first-order valence-electron chi connectivity index (χ1n) is 17.3. The zero-order chi connectivity index (χ0) is 36.0. The van der Waals surface area contributed by atoms with Gasteiger partial charge in [0, 0.05) is 11.1 Å². The Balaban J connectivity index is 2.14. The lowest BCUT2D eigenvalue weighted by Crippen LogP contribution is -2.20. The Labute approximate surface area is 290 Å². The molecule has 3 aromatic rings. The minimum absolute atomic E-state index is 0.0296. The molecule has 0 amide bonds. The van der Waals surface area contributed by atoms with E-state index in [9.17, 15) is 0 Å². The van der Waals surface area contributed by atoms with Gasteiger partial charge in [-0.1, -0.05) is 161 Å². The molecule has 0 bridgehead atoms. The van der Waals surface area contributed by atoms with Crippen molar-refractivity contribution in [2.75, 3.05) is 6.35 Å². The monoisotopic (exact) mass is 660 g/mol. The van der Waals surface area contributed by atoms with Crippen LogP contribution < -0.4 is 13.8 Å². The van der Waals surface area contributed by atoms with Gasteiger partial charge in [0.15, 0.2) is 6.35 Å². The van der Waals surface area contributed by atoms with Crippen molar-refractivity contribution in [3.63, 3.8) is 0 Å². The van der Waals surface area contributed by atoms with Gasteiger partial charge in [-0.3, -0.25) is 0 Å². The molecule has 3 nitrogen and oxygen atoms in total. The second-order valence-electron chi connectivity index (χ2n) is 19.4. The van der Waals surface area contributed by atoms with Crippen molar-refractivity contribution in [3.05, 3.63) is 88.0 Å². The summed E-state index contributed by atoms with van der Waals surface area (Å²) in [6.45, 7) is 40.5. The molecule has 47 heavy (non-hydrogen) atoms. The normalized spacial score (nSPS) is 13.6. The van der Waals surface area contributed by atoms with Crippen molar-refractivity contribution in [3.8, 4) is 17.2 Å². The summed E-state index contributed by atoms with van der Waals surface area (Å²) in [7, 11) is -1.54. The van der Waals surface area contributed by atoms with Crippen LogP contribution in [0, 0.1) is 0 Å². The molecule has 0 saturated carbocycles. The fourth-order valence-corrected chi connectivity index (χ4v) is 6.59. The number of hydrogen-bond acceptors (Lipinski definition) is 3. The van der Waals surface area contributed by atoms with E-state index in [1.807, 2.05) is 0 Å². The molecule has 3 rings (SSSR count). The van der Waals surface area contributed by atoms with Gasteiger partial charge < -0.3 is 13.8 Å². The maximum absolute atomic E-state index is 6.95. The molecular formula is C43H65O3P. The van der Waals surface area contributed by atoms with Crippen molar-refractivity contribution >= 4 is 8.38 Å². The minimum atomic E-state index is -1.54. The van der Waals surface area contributed by atoms with Gasteiger partial charge >= 0.3 is 8.38 Å². The Bertz CT molecular complexity index is 1450. The molecule has 4 heteroatoms. The van der Waals surface area contributed by atoms with Crippen LogP contribution in [0.4, 0.5) is 0 Å². The first-order chi connectivity index (χ1) is 21.1. The molecular weight excluding hydrogens is 595 g/mol. The Morgan fingerprint density at radius 3 is 0.936 bits per heavy atom. The van der Waals surface area contributed by atoms with E-state index >= 15 is 0 Å². The molecule has 260 valence electrons. The van der Waals surface area contributed by atoms with Crippen molar-refractivity contribution in [2.45, 2.75) is 157 Å². The number of hydrogen-bond donors (Lipinski definition) is 0. The van der Waals surface area contributed by atoms with E-state index in [-0.39, 0.29) is 32.5 Å². The standard InChI is InChI=1S/C43H65O3P/c1-38(2,3)29-19-22-35(32(25-29)41(10,11)12)44-28-47(45-36-23-20-30(39(4,5)6)26-33(36)42(13,14)15)46-37-24-21-31(40(7,8)9)27-34(37)43(16,17)18/h19-27H,28H2,1-18H3. The van der Waals surface area contributed by atoms with Gasteiger partial charge in [0.25, 0.3) is 0 Å². The van der Waals surface area contributed by atoms with E-state index in [1.54, 1.807) is 0 Å². The molecule has 0 N–H and O–H groups in total. The van der Waals surface area contributed by atoms with Crippen LogP contribution in [-0.2, 0) is 32.5 Å². The molecule has 0 unspecified atom stereocenters. The highest BCUT2D eigenvalue weighted by Crippen LogP contribution is 2.48. The van der Waals surface area contributed by atoms with Crippen molar-refractivity contribution < 1.29 is 13.8 Å². The average molecular weight is 661 g/mol. The summed E-state index contributed by atoms with van der Waals surface area (Å²) in [4.78, 5) is 0. The van der Waals surface area contributed by atoms with Crippen LogP contribution in [-0.4, -0.2) is 6.35 Å². The van der Waals surface area contributed by atoms with E-state index in [0.29, 0.717) is 6.35 Å². The van der Waals surface area contributed by atoms with Gasteiger partial charge in [0.2, 0.25) is 0 Å². The molecule has 0 aliphatic heterocycles. The summed E-state index contributed by atoms with van der Waals surface area (Å²) in [5, 5.41) is 0. The Morgan fingerprint density at radius 1 is 0.383 bits per heavy atom. The van der Waals surface area contributed by atoms with E-state index in [4.69, 9.17) is 13.8 Å². The van der Waals surface area contributed by atoms with Crippen LogP contribution in [0.3, 0.4) is 0 Å². The Morgan fingerprint density at radius 2 is 0.660 bits per heavy atom. The summed E-state index contributed by atoms with van der Waals surface area (Å²) in [5.41, 5.74) is 7.18. The quantitative estimate of drug-likeness (QED) is 0.236. The fourth-order valence-electron chi connectivity index (χ4n) is 5.45. The van der Waals surface area contributed by atoms with E-state index in [2.05, 4.69) is 179 Å². The highest BCUT2D eigenvalue weighted by Gasteiger charge is 2.30. The zero-order valence-corrected chi connectivity index (χ0v) is 34.0. The maximum atomic E-state index is 6.95. The lowest BCUT2D eigenvalue weighted by Gasteiger charge is -2.31. The fraction of sp³-hybridized carbons (Fsp3) is 0.581. The van der Waals surface area contributed by atoms with Gasteiger partial charge in [-0.2, -0.15) is 0 Å². The Hall–Kier alpha value is -2.51. The largest absolute Gasteiger partial charge is 0.482 e. The first kappa shape index (κ1) is 38.9. The summed E-state index contributed by atoms with van der Waals surface area (Å²) >= 11 is 0. The highest BCUT2D eigenvalue weighted by atomic mass is 31.2. The van der Waals surface area contributed by atoms with Crippen LogP contribution in [0.1, 0.15) is 158 Å². The minimum Gasteiger partial charge on any atom is -0.482 e. The third-order valence-electron chi connectivity index (χ3n) is 8.69. The summed E-state index contributed by atoms with van der Waals surface area (Å²) in [6.07, 6.45) is 0.294. The highest BCUT2D eigenvalue weighted by molar-refractivity contribution is 7.47. The van der Waals surface area contributed by atoms with Crippen LogP contribution in [0.5, 0.6) is 17.2 Å². The van der Waals surface area contributed by atoms with Gasteiger partial charge in [-0.25, -0.2) is 0 Å². The molecule has 0 aromatic heterocycles. The topological polar surface area (TPSA) is 27.7 Å². The molecule has 0 radical (unpaired) electrons. The van der Waals surface area contributed by atoms with E-state index in [0.717, 1.165) is 17.2 Å². The molecule has 0 aliphatic rings. The lowest BCUT2D eigenvalue weighted by molar-refractivity contribution is 0.340. The van der Waals surface area contributed by atoms with Crippen LogP contribution in [0.2, 0.25) is 0 Å².